The largest absolute Gasteiger partial charge is 0.380 e. The van der Waals surface area contributed by atoms with Gasteiger partial charge in [0.05, 0.1) is 6.10 Å². The van der Waals surface area contributed by atoms with Crippen molar-refractivity contribution in [1.29, 1.82) is 0 Å². The van der Waals surface area contributed by atoms with Gasteiger partial charge in [-0.3, -0.25) is 4.90 Å². The van der Waals surface area contributed by atoms with E-state index in [0.29, 0.717) is 13.0 Å². The second-order valence-electron chi connectivity index (χ2n) is 4.37. The minimum Gasteiger partial charge on any atom is -0.380 e. The second kappa shape index (κ2) is 5.41. The molecule has 2 rings (SSSR count). The molecule has 2 atom stereocenters. The molecule has 0 amide bonds. The topological polar surface area (TPSA) is 12.5 Å². The molecular weight excluding hydrogens is 205 g/mol. The van der Waals surface area contributed by atoms with E-state index in [4.69, 9.17) is 4.74 Å². The normalized spacial score (nSPS) is 26.9. The Kier molecular flexibility index (Phi) is 3.91. The molecule has 2 nitrogen and oxygen atoms in total. The molecule has 3 heteroatoms. The van der Waals surface area contributed by atoms with Crippen LogP contribution in [0.15, 0.2) is 30.3 Å². The highest BCUT2D eigenvalue weighted by Crippen LogP contribution is 2.18. The van der Waals surface area contributed by atoms with Crippen molar-refractivity contribution in [2.45, 2.75) is 25.2 Å². The average molecular weight is 223 g/mol. The fourth-order valence-corrected chi connectivity index (χ4v) is 2.22. The molecule has 1 fully saturated rings. The van der Waals surface area contributed by atoms with Gasteiger partial charge in [0.1, 0.15) is 6.17 Å². The van der Waals surface area contributed by atoms with Crippen LogP contribution in [0.4, 0.5) is 4.39 Å². The predicted molar refractivity (Wildman–Crippen MR) is 62.0 cm³/mol. The first kappa shape index (κ1) is 11.6. The van der Waals surface area contributed by atoms with E-state index in [-0.39, 0.29) is 6.10 Å². The van der Waals surface area contributed by atoms with Crippen LogP contribution in [0.25, 0.3) is 0 Å². The molecule has 0 radical (unpaired) electrons. The third kappa shape index (κ3) is 3.03. The van der Waals surface area contributed by atoms with Crippen LogP contribution in [0, 0.1) is 0 Å². The average Bonchev–Trinajstić information content (AvgIpc) is 2.29. The van der Waals surface area contributed by atoms with E-state index in [9.17, 15) is 4.39 Å². The number of hydrogen-bond acceptors (Lipinski definition) is 2. The van der Waals surface area contributed by atoms with Crippen molar-refractivity contribution in [3.8, 4) is 0 Å². The summed E-state index contributed by atoms with van der Waals surface area (Å²) < 4.78 is 18.7. The molecule has 0 saturated carbocycles. The van der Waals surface area contributed by atoms with Crippen molar-refractivity contribution in [3.63, 3.8) is 0 Å². The fourth-order valence-electron chi connectivity index (χ4n) is 2.22. The molecule has 1 aromatic rings. The number of methoxy groups -OCH3 is 1. The lowest BCUT2D eigenvalue weighted by molar-refractivity contribution is -0.00515. The molecule has 16 heavy (non-hydrogen) atoms. The molecule has 1 aliphatic rings. The quantitative estimate of drug-likeness (QED) is 0.779. The van der Waals surface area contributed by atoms with Gasteiger partial charge in [0.2, 0.25) is 0 Å². The summed E-state index contributed by atoms with van der Waals surface area (Å²) in [5.74, 6) is 0. The Hall–Kier alpha value is -0.930. The van der Waals surface area contributed by atoms with E-state index in [1.165, 1.54) is 5.56 Å². The number of likely N-dealkylation sites (tertiary alicyclic amines) is 1. The smallest absolute Gasteiger partial charge is 0.115 e. The standard InChI is InChI=1S/C13H18FNO/c1-16-13-7-12(14)9-15(10-13)8-11-5-3-2-4-6-11/h2-6,12-13H,7-10H2,1H3. The molecule has 0 aromatic heterocycles. The molecule has 0 aliphatic carbocycles. The van der Waals surface area contributed by atoms with Crippen molar-refractivity contribution >= 4 is 0 Å². The zero-order valence-corrected chi connectivity index (χ0v) is 9.60. The SMILES string of the molecule is COC1CC(F)CN(Cc2ccccc2)C1. The number of ether oxygens (including phenoxy) is 1. The van der Waals surface area contributed by atoms with Gasteiger partial charge in [0, 0.05) is 33.2 Å². The summed E-state index contributed by atoms with van der Waals surface area (Å²) in [5, 5.41) is 0. The first-order valence-electron chi connectivity index (χ1n) is 5.71. The summed E-state index contributed by atoms with van der Waals surface area (Å²) in [6, 6.07) is 10.2. The summed E-state index contributed by atoms with van der Waals surface area (Å²) in [4.78, 5) is 2.12. The summed E-state index contributed by atoms with van der Waals surface area (Å²) in [7, 11) is 1.66. The zero-order chi connectivity index (χ0) is 11.4. The van der Waals surface area contributed by atoms with Crippen LogP contribution in [0.2, 0.25) is 0 Å². The lowest BCUT2D eigenvalue weighted by Gasteiger charge is -2.33. The maximum Gasteiger partial charge on any atom is 0.115 e. The van der Waals surface area contributed by atoms with E-state index in [2.05, 4.69) is 17.0 Å². The third-order valence-electron chi connectivity index (χ3n) is 3.02. The second-order valence-corrected chi connectivity index (χ2v) is 4.37. The summed E-state index contributed by atoms with van der Waals surface area (Å²) in [5.41, 5.74) is 1.23. The molecule has 1 aromatic carbocycles. The Bertz CT molecular complexity index is 317. The number of alkyl halides is 1. The molecule has 88 valence electrons. The highest BCUT2D eigenvalue weighted by Gasteiger charge is 2.26. The van der Waals surface area contributed by atoms with E-state index in [1.807, 2.05) is 18.2 Å². The van der Waals surface area contributed by atoms with Gasteiger partial charge in [-0.05, 0) is 5.56 Å². The van der Waals surface area contributed by atoms with Crippen LogP contribution < -0.4 is 0 Å². The van der Waals surface area contributed by atoms with Crippen molar-refractivity contribution in [2.24, 2.45) is 0 Å². The Labute approximate surface area is 96.0 Å². The summed E-state index contributed by atoms with van der Waals surface area (Å²) in [6.45, 7) is 2.15. The van der Waals surface area contributed by atoms with Crippen LogP contribution >= 0.6 is 0 Å². The highest BCUT2D eigenvalue weighted by atomic mass is 19.1. The van der Waals surface area contributed by atoms with Gasteiger partial charge in [-0.1, -0.05) is 30.3 Å². The van der Waals surface area contributed by atoms with E-state index in [0.717, 1.165) is 13.1 Å². The van der Waals surface area contributed by atoms with Crippen LogP contribution in [0.5, 0.6) is 0 Å². The summed E-state index contributed by atoms with van der Waals surface area (Å²) >= 11 is 0. The minimum absolute atomic E-state index is 0.0347. The van der Waals surface area contributed by atoms with E-state index in [1.54, 1.807) is 7.11 Å². The Balaban J connectivity index is 1.94. The lowest BCUT2D eigenvalue weighted by Crippen LogP contribution is -2.44. The number of halogens is 1. The first-order chi connectivity index (χ1) is 7.78. The van der Waals surface area contributed by atoms with Crippen molar-refractivity contribution in [2.75, 3.05) is 20.2 Å². The number of rotatable bonds is 3. The number of hydrogen-bond donors (Lipinski definition) is 0. The van der Waals surface area contributed by atoms with Gasteiger partial charge in [-0.2, -0.15) is 0 Å². The maximum absolute atomic E-state index is 13.5. The Morgan fingerprint density at radius 2 is 2.06 bits per heavy atom. The molecule has 1 saturated heterocycles. The Morgan fingerprint density at radius 3 is 2.75 bits per heavy atom. The van der Waals surface area contributed by atoms with Crippen LogP contribution in [-0.4, -0.2) is 37.4 Å². The first-order valence-corrected chi connectivity index (χ1v) is 5.71. The minimum atomic E-state index is -0.762. The van der Waals surface area contributed by atoms with Gasteiger partial charge < -0.3 is 4.74 Å². The molecular formula is C13H18FNO. The fraction of sp³-hybridized carbons (Fsp3) is 0.538. The molecule has 0 bridgehead atoms. The molecule has 1 heterocycles. The highest BCUT2D eigenvalue weighted by molar-refractivity contribution is 5.14. The molecule has 0 spiro atoms. The number of piperidine rings is 1. The van der Waals surface area contributed by atoms with Gasteiger partial charge in [0.25, 0.3) is 0 Å². The van der Waals surface area contributed by atoms with Gasteiger partial charge in [-0.25, -0.2) is 4.39 Å². The predicted octanol–water partition coefficient (Wildman–Crippen LogP) is 2.25. The van der Waals surface area contributed by atoms with Crippen LogP contribution in [-0.2, 0) is 11.3 Å². The van der Waals surface area contributed by atoms with Crippen molar-refractivity contribution in [1.82, 2.24) is 4.90 Å². The van der Waals surface area contributed by atoms with E-state index < -0.39 is 6.17 Å². The summed E-state index contributed by atoms with van der Waals surface area (Å²) in [6.07, 6.45) is -0.197. The van der Waals surface area contributed by atoms with Gasteiger partial charge >= 0.3 is 0 Å². The van der Waals surface area contributed by atoms with Gasteiger partial charge in [-0.15, -0.1) is 0 Å². The third-order valence-corrected chi connectivity index (χ3v) is 3.02. The van der Waals surface area contributed by atoms with Crippen LogP contribution in [0.3, 0.4) is 0 Å². The monoisotopic (exact) mass is 223 g/mol. The molecule has 1 aliphatic heterocycles. The van der Waals surface area contributed by atoms with E-state index >= 15 is 0 Å². The van der Waals surface area contributed by atoms with Crippen LogP contribution in [0.1, 0.15) is 12.0 Å². The molecule has 0 N–H and O–H groups in total. The zero-order valence-electron chi connectivity index (χ0n) is 9.60. The Morgan fingerprint density at radius 1 is 1.31 bits per heavy atom. The lowest BCUT2D eigenvalue weighted by atomic mass is 10.1. The number of nitrogens with zero attached hydrogens (tertiary/aromatic N) is 1. The maximum atomic E-state index is 13.5. The molecule has 2 unspecified atom stereocenters. The number of benzene rings is 1. The van der Waals surface area contributed by atoms with Gasteiger partial charge in [0.15, 0.2) is 0 Å². The van der Waals surface area contributed by atoms with Crippen molar-refractivity contribution < 1.29 is 9.13 Å². The van der Waals surface area contributed by atoms with Crippen molar-refractivity contribution in [3.05, 3.63) is 35.9 Å².